The van der Waals surface area contributed by atoms with Crippen molar-refractivity contribution in [3.63, 3.8) is 0 Å². The Morgan fingerprint density at radius 1 is 1.53 bits per heavy atom. The van der Waals surface area contributed by atoms with Gasteiger partial charge in [0.05, 0.1) is 5.56 Å². The molecule has 1 fully saturated rings. The smallest absolute Gasteiger partial charge is 0.255 e. The fraction of sp³-hybridized carbons (Fsp3) is 0.500. The number of rotatable bonds is 3. The molecular formula is C14H18BrClN2O. The molecule has 1 amide bonds. The lowest BCUT2D eigenvalue weighted by Crippen LogP contribution is -2.48. The summed E-state index contributed by atoms with van der Waals surface area (Å²) in [4.78, 5) is 14.6. The lowest BCUT2D eigenvalue weighted by atomic mass is 10.0. The molecule has 1 atom stereocenters. The van der Waals surface area contributed by atoms with Crippen molar-refractivity contribution in [1.29, 1.82) is 0 Å². The van der Waals surface area contributed by atoms with Crippen LogP contribution in [0.2, 0.25) is 5.02 Å². The highest BCUT2D eigenvalue weighted by Crippen LogP contribution is 2.25. The molecule has 3 nitrogen and oxygen atoms in total. The van der Waals surface area contributed by atoms with Crippen LogP contribution in [-0.4, -0.2) is 37.0 Å². The van der Waals surface area contributed by atoms with Crippen molar-refractivity contribution in [3.8, 4) is 0 Å². The van der Waals surface area contributed by atoms with Crippen LogP contribution in [0.25, 0.3) is 0 Å². The van der Waals surface area contributed by atoms with E-state index in [1.54, 1.807) is 12.1 Å². The number of hydrogen-bond acceptors (Lipinski definition) is 2. The Labute approximate surface area is 127 Å². The van der Waals surface area contributed by atoms with Crippen LogP contribution in [0.1, 0.15) is 29.6 Å². The predicted molar refractivity (Wildman–Crippen MR) is 81.8 cm³/mol. The van der Waals surface area contributed by atoms with Gasteiger partial charge in [0.25, 0.3) is 5.91 Å². The molecule has 19 heavy (non-hydrogen) atoms. The zero-order valence-corrected chi connectivity index (χ0v) is 13.3. The first-order valence-corrected chi connectivity index (χ1v) is 7.71. The van der Waals surface area contributed by atoms with Gasteiger partial charge in [-0.15, -0.1) is 0 Å². The van der Waals surface area contributed by atoms with Crippen molar-refractivity contribution in [2.75, 3.05) is 20.1 Å². The van der Waals surface area contributed by atoms with Gasteiger partial charge in [0.15, 0.2) is 0 Å². The molecule has 1 unspecified atom stereocenters. The van der Waals surface area contributed by atoms with E-state index >= 15 is 0 Å². The molecule has 0 saturated carbocycles. The van der Waals surface area contributed by atoms with Gasteiger partial charge in [-0.05, 0) is 60.4 Å². The van der Waals surface area contributed by atoms with E-state index in [9.17, 15) is 4.79 Å². The maximum atomic E-state index is 12.7. The van der Waals surface area contributed by atoms with Crippen molar-refractivity contribution in [1.82, 2.24) is 10.2 Å². The maximum Gasteiger partial charge on any atom is 0.255 e. The summed E-state index contributed by atoms with van der Waals surface area (Å²) in [5.74, 6) is 0.0642. The summed E-state index contributed by atoms with van der Waals surface area (Å²) < 4.78 is 0.802. The minimum Gasteiger partial charge on any atom is -0.334 e. The Hall–Kier alpha value is -0.580. The van der Waals surface area contributed by atoms with Gasteiger partial charge in [-0.25, -0.2) is 0 Å². The van der Waals surface area contributed by atoms with Crippen LogP contribution in [0.3, 0.4) is 0 Å². The summed E-state index contributed by atoms with van der Waals surface area (Å²) >= 11 is 9.43. The molecule has 104 valence electrons. The SMILES string of the molecule is CNCC1CCCCN1C(=O)c1cc(Cl)ccc1Br. The van der Waals surface area contributed by atoms with Gasteiger partial charge in [0.2, 0.25) is 0 Å². The van der Waals surface area contributed by atoms with Gasteiger partial charge >= 0.3 is 0 Å². The zero-order valence-electron chi connectivity index (χ0n) is 11.0. The van der Waals surface area contributed by atoms with Crippen LogP contribution in [0.5, 0.6) is 0 Å². The maximum absolute atomic E-state index is 12.7. The summed E-state index contributed by atoms with van der Waals surface area (Å²) in [5, 5.41) is 3.76. The first kappa shape index (κ1) is 14.8. The van der Waals surface area contributed by atoms with Crippen LogP contribution in [-0.2, 0) is 0 Å². The molecule has 1 aromatic carbocycles. The average Bonchev–Trinajstić information content (AvgIpc) is 2.42. The number of benzene rings is 1. The number of hydrogen-bond donors (Lipinski definition) is 1. The van der Waals surface area contributed by atoms with E-state index in [0.717, 1.165) is 30.4 Å². The molecule has 5 heteroatoms. The number of halogens is 2. The lowest BCUT2D eigenvalue weighted by molar-refractivity contribution is 0.0614. The lowest BCUT2D eigenvalue weighted by Gasteiger charge is -2.36. The Kier molecular flexibility index (Phi) is 5.25. The standard InChI is InChI=1S/C14H18BrClN2O/c1-17-9-11-4-2-3-7-18(11)14(19)12-8-10(16)5-6-13(12)15/h5-6,8,11,17H,2-4,7,9H2,1H3. The second kappa shape index (κ2) is 6.73. The summed E-state index contributed by atoms with van der Waals surface area (Å²) in [6, 6.07) is 5.62. The van der Waals surface area contributed by atoms with E-state index in [2.05, 4.69) is 21.2 Å². The Morgan fingerprint density at radius 2 is 2.32 bits per heavy atom. The second-order valence-electron chi connectivity index (χ2n) is 4.83. The zero-order chi connectivity index (χ0) is 13.8. The monoisotopic (exact) mass is 344 g/mol. The molecule has 0 aliphatic carbocycles. The molecule has 1 aliphatic heterocycles. The minimum atomic E-state index is 0.0642. The molecule has 0 spiro atoms. The molecule has 1 heterocycles. The Bertz CT molecular complexity index is 465. The summed E-state index contributed by atoms with van der Waals surface area (Å²) in [6.45, 7) is 1.66. The Balaban J connectivity index is 2.23. The fourth-order valence-electron chi connectivity index (χ4n) is 2.53. The van der Waals surface area contributed by atoms with E-state index in [4.69, 9.17) is 11.6 Å². The average molecular weight is 346 g/mol. The second-order valence-corrected chi connectivity index (χ2v) is 6.12. The molecule has 1 saturated heterocycles. The first-order chi connectivity index (χ1) is 9.13. The number of nitrogens with one attached hydrogen (secondary N) is 1. The summed E-state index contributed by atoms with van der Waals surface area (Å²) in [5.41, 5.74) is 0.649. The van der Waals surface area contributed by atoms with Crippen molar-refractivity contribution in [3.05, 3.63) is 33.3 Å². The fourth-order valence-corrected chi connectivity index (χ4v) is 3.12. The molecular weight excluding hydrogens is 328 g/mol. The number of carbonyl (C=O) groups excluding carboxylic acids is 1. The molecule has 0 radical (unpaired) electrons. The normalized spacial score (nSPS) is 19.5. The summed E-state index contributed by atoms with van der Waals surface area (Å²) in [7, 11) is 1.92. The number of amides is 1. The van der Waals surface area contributed by atoms with Crippen molar-refractivity contribution in [2.24, 2.45) is 0 Å². The molecule has 1 aliphatic rings. The number of carbonyl (C=O) groups is 1. The molecule has 0 bridgehead atoms. The highest BCUT2D eigenvalue weighted by molar-refractivity contribution is 9.10. The van der Waals surface area contributed by atoms with Crippen molar-refractivity contribution >= 4 is 33.4 Å². The quantitative estimate of drug-likeness (QED) is 0.911. The molecule has 2 rings (SSSR count). The first-order valence-electron chi connectivity index (χ1n) is 6.54. The van der Waals surface area contributed by atoms with E-state index in [-0.39, 0.29) is 11.9 Å². The van der Waals surface area contributed by atoms with Crippen molar-refractivity contribution in [2.45, 2.75) is 25.3 Å². The van der Waals surface area contributed by atoms with Crippen molar-refractivity contribution < 1.29 is 4.79 Å². The van der Waals surface area contributed by atoms with E-state index in [0.29, 0.717) is 10.6 Å². The van der Waals surface area contributed by atoms with E-state index < -0.39 is 0 Å². The van der Waals surface area contributed by atoms with Crippen LogP contribution in [0.15, 0.2) is 22.7 Å². The van der Waals surface area contributed by atoms with Crippen LogP contribution >= 0.6 is 27.5 Å². The van der Waals surface area contributed by atoms with E-state index in [1.165, 1.54) is 6.42 Å². The minimum absolute atomic E-state index is 0.0642. The van der Waals surface area contributed by atoms with Gasteiger partial charge in [-0.2, -0.15) is 0 Å². The van der Waals surface area contributed by atoms with Crippen LogP contribution in [0, 0.1) is 0 Å². The molecule has 1 aromatic rings. The third kappa shape index (κ3) is 3.50. The van der Waals surface area contributed by atoms with Gasteiger partial charge in [0.1, 0.15) is 0 Å². The highest BCUT2D eigenvalue weighted by atomic mass is 79.9. The number of likely N-dealkylation sites (N-methyl/N-ethyl adjacent to an activating group) is 1. The van der Waals surface area contributed by atoms with Crippen LogP contribution in [0.4, 0.5) is 0 Å². The largest absolute Gasteiger partial charge is 0.334 e. The summed E-state index contributed by atoms with van der Waals surface area (Å²) in [6.07, 6.45) is 3.32. The number of nitrogens with zero attached hydrogens (tertiary/aromatic N) is 1. The molecule has 0 aromatic heterocycles. The number of likely N-dealkylation sites (tertiary alicyclic amines) is 1. The molecule has 1 N–H and O–H groups in total. The van der Waals surface area contributed by atoms with E-state index in [1.807, 2.05) is 18.0 Å². The third-order valence-corrected chi connectivity index (χ3v) is 4.41. The topological polar surface area (TPSA) is 32.3 Å². The number of piperidine rings is 1. The third-order valence-electron chi connectivity index (χ3n) is 3.49. The predicted octanol–water partition coefficient (Wildman–Crippen LogP) is 3.32. The van der Waals surface area contributed by atoms with Gasteiger partial charge in [-0.1, -0.05) is 11.6 Å². The van der Waals surface area contributed by atoms with Gasteiger partial charge in [0, 0.05) is 28.6 Å². The van der Waals surface area contributed by atoms with Gasteiger partial charge in [-0.3, -0.25) is 4.79 Å². The van der Waals surface area contributed by atoms with Crippen LogP contribution < -0.4 is 5.32 Å². The highest BCUT2D eigenvalue weighted by Gasteiger charge is 2.27. The Morgan fingerprint density at radius 3 is 3.05 bits per heavy atom. The van der Waals surface area contributed by atoms with Gasteiger partial charge < -0.3 is 10.2 Å².